The number of rotatable bonds is 6. The summed E-state index contributed by atoms with van der Waals surface area (Å²) in [4.78, 5) is 12.6. The molecule has 1 aromatic heterocycles. The van der Waals surface area contributed by atoms with Crippen molar-refractivity contribution in [1.29, 1.82) is 0 Å². The maximum atomic E-state index is 12.6. The van der Waals surface area contributed by atoms with Crippen molar-refractivity contribution >= 4 is 23.4 Å². The highest BCUT2D eigenvalue weighted by molar-refractivity contribution is 8.00. The number of carbonyl (C=O) groups is 1. The van der Waals surface area contributed by atoms with Crippen molar-refractivity contribution in [3.8, 4) is 22.9 Å². The predicted molar refractivity (Wildman–Crippen MR) is 108 cm³/mol. The van der Waals surface area contributed by atoms with Gasteiger partial charge in [0, 0.05) is 23.9 Å². The van der Waals surface area contributed by atoms with Crippen molar-refractivity contribution in [2.24, 2.45) is 0 Å². The van der Waals surface area contributed by atoms with Crippen LogP contribution in [0.4, 0.5) is 5.69 Å². The van der Waals surface area contributed by atoms with Gasteiger partial charge in [0.25, 0.3) is 0 Å². The molecule has 1 N–H and O–H groups in total. The molecule has 144 valence electrons. The number of anilines is 1. The minimum atomic E-state index is -0.344. The highest BCUT2D eigenvalue weighted by Gasteiger charge is 2.21. The third-order valence-corrected chi connectivity index (χ3v) is 5.44. The zero-order valence-electron chi connectivity index (χ0n) is 15.6. The fraction of sp³-hybridized carbons (Fsp3) is 0.250. The van der Waals surface area contributed by atoms with Crippen LogP contribution >= 0.6 is 11.8 Å². The molecular formula is C20H20N4O3S. The number of aromatic nitrogens is 3. The first kappa shape index (κ1) is 18.4. The number of benzene rings is 2. The Bertz CT molecular complexity index is 990. The van der Waals surface area contributed by atoms with Crippen LogP contribution < -0.4 is 14.8 Å². The van der Waals surface area contributed by atoms with Gasteiger partial charge in [-0.15, -0.1) is 10.2 Å². The standard InChI is InChI=1S/C20H20N4O3S/c1-3-24-18(14-7-5-4-6-8-14)22-23-20(24)28-13(2)19(25)21-15-9-10-16-17(11-15)27-12-26-16/h4-11,13H,3,12H2,1-2H3,(H,21,25). The van der Waals surface area contributed by atoms with Gasteiger partial charge in [-0.2, -0.15) is 0 Å². The summed E-state index contributed by atoms with van der Waals surface area (Å²) in [5, 5.41) is 11.9. The Kier molecular flexibility index (Phi) is 5.21. The lowest BCUT2D eigenvalue weighted by molar-refractivity contribution is -0.115. The molecule has 3 aromatic rings. The highest BCUT2D eigenvalue weighted by Crippen LogP contribution is 2.34. The Morgan fingerprint density at radius 3 is 2.75 bits per heavy atom. The second-order valence-electron chi connectivity index (χ2n) is 6.23. The lowest BCUT2D eigenvalue weighted by atomic mass is 10.2. The Morgan fingerprint density at radius 1 is 1.18 bits per heavy atom. The summed E-state index contributed by atoms with van der Waals surface area (Å²) in [6.07, 6.45) is 0. The van der Waals surface area contributed by atoms with E-state index in [1.807, 2.05) is 48.7 Å². The average molecular weight is 396 g/mol. The molecule has 0 radical (unpaired) electrons. The molecule has 7 nitrogen and oxygen atoms in total. The molecule has 0 saturated heterocycles. The van der Waals surface area contributed by atoms with E-state index in [-0.39, 0.29) is 18.0 Å². The molecule has 1 atom stereocenters. The van der Waals surface area contributed by atoms with Gasteiger partial charge < -0.3 is 19.4 Å². The molecule has 4 rings (SSSR count). The first-order chi connectivity index (χ1) is 13.7. The maximum absolute atomic E-state index is 12.6. The molecule has 0 spiro atoms. The molecule has 1 aliphatic rings. The van der Waals surface area contributed by atoms with Crippen molar-refractivity contribution in [3.63, 3.8) is 0 Å². The molecular weight excluding hydrogens is 376 g/mol. The van der Waals surface area contributed by atoms with E-state index in [0.717, 1.165) is 23.1 Å². The monoisotopic (exact) mass is 396 g/mol. The van der Waals surface area contributed by atoms with Gasteiger partial charge in [-0.1, -0.05) is 42.1 Å². The second-order valence-corrected chi connectivity index (χ2v) is 7.54. The van der Waals surface area contributed by atoms with Gasteiger partial charge in [0.05, 0.1) is 5.25 Å². The molecule has 0 aliphatic carbocycles. The third-order valence-electron chi connectivity index (χ3n) is 4.36. The van der Waals surface area contributed by atoms with E-state index in [1.165, 1.54) is 11.8 Å². The van der Waals surface area contributed by atoms with Crippen LogP contribution in [0.1, 0.15) is 13.8 Å². The zero-order valence-corrected chi connectivity index (χ0v) is 16.4. The Morgan fingerprint density at radius 2 is 1.96 bits per heavy atom. The van der Waals surface area contributed by atoms with Gasteiger partial charge >= 0.3 is 0 Å². The number of hydrogen-bond donors (Lipinski definition) is 1. The minimum absolute atomic E-state index is 0.115. The molecule has 8 heteroatoms. The lowest BCUT2D eigenvalue weighted by Crippen LogP contribution is -2.22. The van der Waals surface area contributed by atoms with Crippen LogP contribution in [0.2, 0.25) is 0 Å². The quantitative estimate of drug-likeness (QED) is 0.639. The van der Waals surface area contributed by atoms with Crippen LogP contribution in [0.3, 0.4) is 0 Å². The number of hydrogen-bond acceptors (Lipinski definition) is 6. The van der Waals surface area contributed by atoms with Gasteiger partial charge in [0.2, 0.25) is 12.7 Å². The smallest absolute Gasteiger partial charge is 0.237 e. The first-order valence-corrected chi connectivity index (χ1v) is 9.89. The van der Waals surface area contributed by atoms with Crippen molar-refractivity contribution in [2.75, 3.05) is 12.1 Å². The highest BCUT2D eigenvalue weighted by atomic mass is 32.2. The second kappa shape index (κ2) is 7.93. The largest absolute Gasteiger partial charge is 0.454 e. The van der Waals surface area contributed by atoms with E-state index in [1.54, 1.807) is 18.2 Å². The lowest BCUT2D eigenvalue weighted by Gasteiger charge is -2.13. The molecule has 0 saturated carbocycles. The predicted octanol–water partition coefficient (Wildman–Crippen LogP) is 3.81. The van der Waals surface area contributed by atoms with E-state index in [9.17, 15) is 4.79 Å². The van der Waals surface area contributed by atoms with Gasteiger partial charge in [-0.25, -0.2) is 0 Å². The summed E-state index contributed by atoms with van der Waals surface area (Å²) in [6, 6.07) is 15.3. The molecule has 1 unspecified atom stereocenters. The Hall–Kier alpha value is -3.00. The Balaban J connectivity index is 1.46. The minimum Gasteiger partial charge on any atom is -0.454 e. The summed E-state index contributed by atoms with van der Waals surface area (Å²) in [5.41, 5.74) is 1.67. The van der Waals surface area contributed by atoms with E-state index >= 15 is 0 Å². The summed E-state index contributed by atoms with van der Waals surface area (Å²) >= 11 is 1.38. The van der Waals surface area contributed by atoms with E-state index < -0.39 is 0 Å². The van der Waals surface area contributed by atoms with Crippen LogP contribution in [0.5, 0.6) is 11.5 Å². The van der Waals surface area contributed by atoms with Crippen molar-refractivity contribution in [2.45, 2.75) is 30.8 Å². The number of amides is 1. The van der Waals surface area contributed by atoms with Crippen molar-refractivity contribution in [3.05, 3.63) is 48.5 Å². The zero-order chi connectivity index (χ0) is 19.5. The molecule has 0 fully saturated rings. The summed E-state index contributed by atoms with van der Waals surface area (Å²) in [6.45, 7) is 4.81. The van der Waals surface area contributed by atoms with Crippen LogP contribution in [-0.4, -0.2) is 32.7 Å². The third kappa shape index (κ3) is 3.68. The SMILES string of the molecule is CCn1c(SC(C)C(=O)Nc2ccc3c(c2)OCO3)nnc1-c1ccccc1. The van der Waals surface area contributed by atoms with Gasteiger partial charge in [-0.3, -0.25) is 4.79 Å². The molecule has 28 heavy (non-hydrogen) atoms. The maximum Gasteiger partial charge on any atom is 0.237 e. The van der Waals surface area contributed by atoms with E-state index in [4.69, 9.17) is 9.47 Å². The summed E-state index contributed by atoms with van der Waals surface area (Å²) < 4.78 is 12.7. The van der Waals surface area contributed by atoms with Gasteiger partial charge in [-0.05, 0) is 26.0 Å². The van der Waals surface area contributed by atoms with E-state index in [0.29, 0.717) is 17.2 Å². The number of nitrogens with zero attached hydrogens (tertiary/aromatic N) is 3. The normalized spacial score (nSPS) is 13.4. The van der Waals surface area contributed by atoms with Crippen LogP contribution in [0.25, 0.3) is 11.4 Å². The molecule has 2 aromatic carbocycles. The number of nitrogens with one attached hydrogen (secondary N) is 1. The molecule has 1 amide bonds. The van der Waals surface area contributed by atoms with E-state index in [2.05, 4.69) is 15.5 Å². The fourth-order valence-electron chi connectivity index (χ4n) is 2.89. The number of ether oxygens (including phenoxy) is 2. The topological polar surface area (TPSA) is 78.3 Å². The molecule has 1 aliphatic heterocycles. The number of carbonyl (C=O) groups excluding carboxylic acids is 1. The van der Waals surface area contributed by atoms with Crippen molar-refractivity contribution in [1.82, 2.24) is 14.8 Å². The van der Waals surface area contributed by atoms with Crippen LogP contribution in [0.15, 0.2) is 53.7 Å². The molecule has 2 heterocycles. The average Bonchev–Trinajstić information content (AvgIpc) is 3.34. The van der Waals surface area contributed by atoms with Gasteiger partial charge in [0.15, 0.2) is 22.5 Å². The molecule has 0 bridgehead atoms. The summed E-state index contributed by atoms with van der Waals surface area (Å²) in [7, 11) is 0. The van der Waals surface area contributed by atoms with Crippen LogP contribution in [0, 0.1) is 0 Å². The summed E-state index contributed by atoms with van der Waals surface area (Å²) in [5.74, 6) is 2.01. The Labute approximate surface area is 167 Å². The fourth-order valence-corrected chi connectivity index (χ4v) is 3.80. The van der Waals surface area contributed by atoms with Crippen LogP contribution in [-0.2, 0) is 11.3 Å². The van der Waals surface area contributed by atoms with Crippen molar-refractivity contribution < 1.29 is 14.3 Å². The number of fused-ring (bicyclic) bond motifs is 1. The first-order valence-electron chi connectivity index (χ1n) is 9.01. The van der Waals surface area contributed by atoms with Gasteiger partial charge in [0.1, 0.15) is 0 Å². The number of thioether (sulfide) groups is 1.